The van der Waals surface area contributed by atoms with Gasteiger partial charge in [0.1, 0.15) is 24.7 Å². The number of rotatable bonds is 16. The van der Waals surface area contributed by atoms with Gasteiger partial charge in [-0.05, 0) is 57.6 Å². The van der Waals surface area contributed by atoms with Gasteiger partial charge in [0, 0.05) is 0 Å². The van der Waals surface area contributed by atoms with Gasteiger partial charge in [0.05, 0.1) is 0 Å². The summed E-state index contributed by atoms with van der Waals surface area (Å²) in [6.07, 6.45) is -6.57. The summed E-state index contributed by atoms with van der Waals surface area (Å²) in [6.45, 7) is 5.16. The average Bonchev–Trinajstić information content (AvgIpc) is 2.90. The fourth-order valence-corrected chi connectivity index (χ4v) is 3.90. The summed E-state index contributed by atoms with van der Waals surface area (Å²) in [5.41, 5.74) is 2.46. The van der Waals surface area contributed by atoms with Crippen molar-refractivity contribution in [1.82, 2.24) is 21.3 Å². The number of carboxylic acid groups (broad SMARTS) is 1. The summed E-state index contributed by atoms with van der Waals surface area (Å²) in [4.78, 5) is 62.1. The zero-order chi connectivity index (χ0) is 32.1. The first kappa shape index (κ1) is 36.1. The average molecular weight is 604 g/mol. The molecule has 0 heterocycles. The molecule has 0 saturated heterocycles. The summed E-state index contributed by atoms with van der Waals surface area (Å²) in [6, 6.07) is 4.07. The van der Waals surface area contributed by atoms with Crippen molar-refractivity contribution in [2.75, 3.05) is 6.54 Å². The fourth-order valence-electron chi connectivity index (χ4n) is 3.90. The maximum Gasteiger partial charge on any atom is 0.420 e. The Kier molecular flexibility index (Phi) is 14.2. The van der Waals surface area contributed by atoms with Gasteiger partial charge < -0.3 is 31.5 Å². The van der Waals surface area contributed by atoms with Gasteiger partial charge in [-0.1, -0.05) is 44.2 Å². The molecule has 0 aliphatic carbocycles. The Bertz CT molecular complexity index is 1070. The molecule has 1 unspecified atom stereocenters. The molecule has 4 amide bonds. The molecule has 1 aromatic carbocycles. The first-order valence-electron chi connectivity index (χ1n) is 13.4. The lowest BCUT2D eigenvalue weighted by atomic mass is 9.86. The summed E-state index contributed by atoms with van der Waals surface area (Å²) in [7, 11) is 0. The highest BCUT2D eigenvalue weighted by atomic mass is 19.4. The Morgan fingerprint density at radius 2 is 1.48 bits per heavy atom. The molecule has 0 radical (unpaired) electrons. The maximum atomic E-state index is 14.4. The molecule has 0 aromatic heterocycles. The highest BCUT2D eigenvalue weighted by Gasteiger charge is 2.62. The van der Waals surface area contributed by atoms with Crippen molar-refractivity contribution in [2.45, 2.75) is 89.8 Å². The van der Waals surface area contributed by atoms with Crippen LogP contribution in [-0.2, 0) is 30.5 Å². The first-order valence-corrected chi connectivity index (χ1v) is 13.4. The Morgan fingerprint density at radius 1 is 0.905 bits per heavy atom. The SMILES string of the molecule is CC(C)CC(NC(=O)OCc1ccccc1)(C(=O)N[C@@H](C)C(=O)N[C@@H](C)C(=O)N[C@@H](CCCCN)C(=O)O)C(F)(F)F. The number of unbranched alkanes of at least 4 members (excludes halogenated alkanes) is 1. The summed E-state index contributed by atoms with van der Waals surface area (Å²) in [5, 5.41) is 17.5. The second-order valence-corrected chi connectivity index (χ2v) is 10.3. The number of ether oxygens (including phenoxy) is 1. The Morgan fingerprint density at radius 3 is 2.00 bits per heavy atom. The number of nitrogens with one attached hydrogen (secondary N) is 4. The largest absolute Gasteiger partial charge is 0.480 e. The number of benzene rings is 1. The molecule has 7 N–H and O–H groups in total. The van der Waals surface area contributed by atoms with Gasteiger partial charge >= 0.3 is 18.2 Å². The van der Waals surface area contributed by atoms with Crippen molar-refractivity contribution < 1.29 is 47.0 Å². The Hall–Kier alpha value is -3.88. The zero-order valence-electron chi connectivity index (χ0n) is 24.0. The van der Waals surface area contributed by atoms with Crippen LogP contribution >= 0.6 is 0 Å². The van der Waals surface area contributed by atoms with Crippen molar-refractivity contribution in [3.63, 3.8) is 0 Å². The van der Waals surface area contributed by atoms with Crippen LogP contribution in [-0.4, -0.2) is 71.3 Å². The predicted octanol–water partition coefficient (Wildman–Crippen LogP) is 1.97. The highest BCUT2D eigenvalue weighted by molar-refractivity contribution is 5.96. The molecule has 12 nitrogen and oxygen atoms in total. The van der Waals surface area contributed by atoms with E-state index in [0.717, 1.165) is 6.92 Å². The smallest absolute Gasteiger partial charge is 0.420 e. The number of carboxylic acids is 1. The molecule has 4 atom stereocenters. The van der Waals surface area contributed by atoms with Crippen molar-refractivity contribution in [3.8, 4) is 0 Å². The fraction of sp³-hybridized carbons (Fsp3) is 0.593. The van der Waals surface area contributed by atoms with Gasteiger partial charge in [0.15, 0.2) is 0 Å². The van der Waals surface area contributed by atoms with Crippen molar-refractivity contribution in [1.29, 1.82) is 0 Å². The Balaban J connectivity index is 2.98. The van der Waals surface area contributed by atoms with Crippen LogP contribution in [0.2, 0.25) is 0 Å². The zero-order valence-corrected chi connectivity index (χ0v) is 24.0. The molecular formula is C27H40F3N5O7. The molecule has 0 aliphatic heterocycles. The quantitative estimate of drug-likeness (QED) is 0.155. The maximum absolute atomic E-state index is 14.4. The second kappa shape index (κ2) is 16.5. The third-order valence-corrected chi connectivity index (χ3v) is 6.17. The summed E-state index contributed by atoms with van der Waals surface area (Å²) >= 11 is 0. The molecule has 15 heteroatoms. The van der Waals surface area contributed by atoms with E-state index in [1.54, 1.807) is 35.6 Å². The van der Waals surface area contributed by atoms with Gasteiger partial charge in [0.25, 0.3) is 5.91 Å². The molecule has 0 aliphatic rings. The van der Waals surface area contributed by atoms with Gasteiger partial charge in [-0.3, -0.25) is 19.7 Å². The molecule has 0 saturated carbocycles. The molecule has 1 rings (SSSR count). The van der Waals surface area contributed by atoms with E-state index in [1.807, 2.05) is 5.32 Å². The van der Waals surface area contributed by atoms with E-state index < -0.39 is 72.0 Å². The monoisotopic (exact) mass is 603 g/mol. The van der Waals surface area contributed by atoms with Crippen LogP contribution in [0.3, 0.4) is 0 Å². The summed E-state index contributed by atoms with van der Waals surface area (Å²) in [5.74, 6) is -5.59. The number of halogens is 3. The van der Waals surface area contributed by atoms with E-state index in [2.05, 4.69) is 10.6 Å². The third kappa shape index (κ3) is 11.2. The van der Waals surface area contributed by atoms with E-state index in [9.17, 15) is 42.3 Å². The normalized spacial score (nSPS) is 15.0. The molecule has 0 spiro atoms. The minimum atomic E-state index is -5.29. The van der Waals surface area contributed by atoms with E-state index in [1.165, 1.54) is 20.8 Å². The van der Waals surface area contributed by atoms with Crippen LogP contribution in [0.5, 0.6) is 0 Å². The number of alkyl halides is 3. The molecule has 0 bridgehead atoms. The number of nitrogens with two attached hydrogens (primary N) is 1. The van der Waals surface area contributed by atoms with Gasteiger partial charge in [-0.15, -0.1) is 0 Å². The van der Waals surface area contributed by atoms with E-state index in [-0.39, 0.29) is 13.0 Å². The molecule has 0 fully saturated rings. The number of carbonyl (C=O) groups is 5. The topological polar surface area (TPSA) is 189 Å². The van der Waals surface area contributed by atoms with Crippen molar-refractivity contribution in [2.24, 2.45) is 11.7 Å². The van der Waals surface area contributed by atoms with Crippen LogP contribution in [0.1, 0.15) is 58.9 Å². The third-order valence-electron chi connectivity index (χ3n) is 6.17. The van der Waals surface area contributed by atoms with Crippen molar-refractivity contribution in [3.05, 3.63) is 35.9 Å². The molecule has 1 aromatic rings. The van der Waals surface area contributed by atoms with E-state index >= 15 is 0 Å². The molecular weight excluding hydrogens is 563 g/mol. The van der Waals surface area contributed by atoms with E-state index in [0.29, 0.717) is 24.9 Å². The van der Waals surface area contributed by atoms with Crippen LogP contribution in [0.25, 0.3) is 0 Å². The first-order chi connectivity index (χ1) is 19.5. The highest BCUT2D eigenvalue weighted by Crippen LogP contribution is 2.36. The standard InChI is InChI=1S/C27H40F3N5O7/c1-16(2)14-26(27(28,29)30,35-25(41)42-15-19-10-6-5-7-11-19)24(40)33-18(4)21(36)32-17(3)22(37)34-20(23(38)39)12-8-9-13-31/h5-7,10-11,16-18,20H,8-9,12-15,31H2,1-4H3,(H,32,36)(H,33,40)(H,34,37)(H,35,41)(H,38,39)/t17-,18-,20-,26?/m0/s1. The van der Waals surface area contributed by atoms with Crippen LogP contribution in [0.4, 0.5) is 18.0 Å². The van der Waals surface area contributed by atoms with Crippen LogP contribution in [0.15, 0.2) is 30.3 Å². The minimum absolute atomic E-state index is 0.0988. The van der Waals surface area contributed by atoms with Gasteiger partial charge in [-0.25, -0.2) is 9.59 Å². The second-order valence-electron chi connectivity index (χ2n) is 10.3. The number of hydrogen-bond donors (Lipinski definition) is 6. The lowest BCUT2D eigenvalue weighted by Crippen LogP contribution is -2.69. The van der Waals surface area contributed by atoms with Crippen LogP contribution < -0.4 is 27.0 Å². The number of hydrogen-bond acceptors (Lipinski definition) is 7. The summed E-state index contributed by atoms with van der Waals surface area (Å²) < 4.78 is 48.2. The minimum Gasteiger partial charge on any atom is -0.480 e. The number of amides is 4. The van der Waals surface area contributed by atoms with Crippen LogP contribution in [0, 0.1) is 5.92 Å². The lowest BCUT2D eigenvalue weighted by molar-refractivity contribution is -0.202. The lowest BCUT2D eigenvalue weighted by Gasteiger charge is -2.36. The van der Waals surface area contributed by atoms with Crippen molar-refractivity contribution >= 4 is 29.8 Å². The van der Waals surface area contributed by atoms with Gasteiger partial charge in [0.2, 0.25) is 17.4 Å². The number of carbonyl (C=O) groups excluding carboxylic acids is 4. The Labute approximate surface area is 242 Å². The van der Waals surface area contributed by atoms with E-state index in [4.69, 9.17) is 10.5 Å². The molecule has 42 heavy (non-hydrogen) atoms. The number of alkyl carbamates (subject to hydrolysis) is 1. The van der Waals surface area contributed by atoms with Gasteiger partial charge in [-0.2, -0.15) is 13.2 Å². The predicted molar refractivity (Wildman–Crippen MR) is 146 cm³/mol. The number of aliphatic carboxylic acids is 1. The molecule has 236 valence electrons.